The highest BCUT2D eigenvalue weighted by Gasteiger charge is 2.56. The fraction of sp³-hybridized carbons (Fsp3) is 0.519. The fourth-order valence-electron chi connectivity index (χ4n) is 5.57. The third-order valence-corrected chi connectivity index (χ3v) is 7.21. The van der Waals surface area contributed by atoms with E-state index >= 15 is 0 Å². The molecule has 3 saturated heterocycles. The Labute approximate surface area is 206 Å². The van der Waals surface area contributed by atoms with Crippen LogP contribution in [-0.2, 0) is 9.53 Å². The van der Waals surface area contributed by atoms with Crippen LogP contribution in [0.3, 0.4) is 0 Å². The largest absolute Gasteiger partial charge is 0.508 e. The molecule has 0 aromatic heterocycles. The molecule has 188 valence electrons. The third-order valence-electron chi connectivity index (χ3n) is 7.21. The number of carbonyl (C=O) groups excluding carboxylic acids is 1. The van der Waals surface area contributed by atoms with Gasteiger partial charge in [0.25, 0.3) is 0 Å². The van der Waals surface area contributed by atoms with Crippen LogP contribution in [0.15, 0.2) is 42.5 Å². The van der Waals surface area contributed by atoms with Crippen molar-refractivity contribution in [2.45, 2.75) is 50.9 Å². The molecule has 8 nitrogen and oxygen atoms in total. The van der Waals surface area contributed by atoms with Crippen LogP contribution < -0.4 is 20.3 Å². The van der Waals surface area contributed by atoms with Crippen molar-refractivity contribution in [1.82, 2.24) is 15.8 Å². The lowest BCUT2D eigenvalue weighted by atomic mass is 9.83. The van der Waals surface area contributed by atoms with Crippen LogP contribution in [0.25, 0.3) is 0 Å². The van der Waals surface area contributed by atoms with E-state index in [0.29, 0.717) is 30.6 Å². The molecule has 5 rings (SSSR count). The van der Waals surface area contributed by atoms with Crippen LogP contribution in [0.2, 0.25) is 0 Å². The first-order valence-corrected chi connectivity index (χ1v) is 12.5. The smallest absolute Gasteiger partial charge is 0.242 e. The Morgan fingerprint density at radius 2 is 1.94 bits per heavy atom. The summed E-state index contributed by atoms with van der Waals surface area (Å²) in [5.41, 5.74) is 8.26. The summed E-state index contributed by atoms with van der Waals surface area (Å²) in [6.07, 6.45) is 2.00. The second-order valence-corrected chi connectivity index (χ2v) is 10.1. The molecule has 0 bridgehead atoms. The molecule has 2 aromatic rings. The Kier molecular flexibility index (Phi) is 6.86. The summed E-state index contributed by atoms with van der Waals surface area (Å²) in [6, 6.07) is 12.4. The van der Waals surface area contributed by atoms with Gasteiger partial charge in [-0.25, -0.2) is 10.9 Å². The predicted octanol–water partition coefficient (Wildman–Crippen LogP) is 3.33. The molecule has 3 fully saturated rings. The molecule has 3 N–H and O–H groups in total. The number of hydrogen-bond acceptors (Lipinski definition) is 7. The zero-order chi connectivity index (χ0) is 24.5. The van der Waals surface area contributed by atoms with E-state index in [1.165, 1.54) is 0 Å². The Balaban J connectivity index is 1.53. The van der Waals surface area contributed by atoms with Crippen molar-refractivity contribution in [3.63, 3.8) is 0 Å². The molecular weight excluding hydrogens is 446 g/mol. The number of methoxy groups -OCH3 is 1. The molecule has 5 atom stereocenters. The number of fused-ring (bicyclic) bond motifs is 1. The normalized spacial score (nSPS) is 28.1. The van der Waals surface area contributed by atoms with Gasteiger partial charge in [0.2, 0.25) is 5.91 Å². The molecule has 0 radical (unpaired) electrons. The lowest BCUT2D eigenvalue weighted by Gasteiger charge is -2.33. The lowest BCUT2D eigenvalue weighted by molar-refractivity contribution is -0.132. The maximum absolute atomic E-state index is 13.7. The number of hydrazine groups is 1. The molecule has 0 spiro atoms. The standard InChI is InChI=1S/C27H35N3O5/c1-16(2)15-35-21-11-10-17(13-22(21)33-3)26-23-24(19-8-4-5-9-20(19)31)28-29-25(23)27(32)30(26)14-18-7-6-12-34-18/h4-5,8-11,13,16,18,23-26,28-29,31H,6-7,12,14-15H2,1-3H3. The lowest BCUT2D eigenvalue weighted by Crippen LogP contribution is -2.43. The van der Waals surface area contributed by atoms with Gasteiger partial charge in [-0.3, -0.25) is 4.79 Å². The van der Waals surface area contributed by atoms with Crippen molar-refractivity contribution in [1.29, 1.82) is 0 Å². The SMILES string of the molecule is COc1cc(C2C3C(NNC3c3ccccc3O)C(=O)N2CC2CCCO2)ccc1OCC(C)C. The molecular formula is C27H35N3O5. The summed E-state index contributed by atoms with van der Waals surface area (Å²) < 4.78 is 17.6. The first-order valence-electron chi connectivity index (χ1n) is 12.5. The molecule has 2 aromatic carbocycles. The summed E-state index contributed by atoms with van der Waals surface area (Å²) >= 11 is 0. The van der Waals surface area contributed by atoms with Gasteiger partial charge in [-0.15, -0.1) is 0 Å². The average molecular weight is 482 g/mol. The Hall–Kier alpha value is -2.81. The number of nitrogens with one attached hydrogen (secondary N) is 2. The van der Waals surface area contributed by atoms with Gasteiger partial charge in [-0.1, -0.05) is 38.1 Å². The van der Waals surface area contributed by atoms with E-state index in [4.69, 9.17) is 14.2 Å². The van der Waals surface area contributed by atoms with Crippen LogP contribution in [0.4, 0.5) is 0 Å². The van der Waals surface area contributed by atoms with Crippen LogP contribution >= 0.6 is 0 Å². The van der Waals surface area contributed by atoms with Gasteiger partial charge in [0, 0.05) is 24.6 Å². The molecule has 0 aliphatic carbocycles. The first kappa shape index (κ1) is 23.9. The van der Waals surface area contributed by atoms with Crippen LogP contribution in [0, 0.1) is 11.8 Å². The maximum Gasteiger partial charge on any atom is 0.242 e. The van der Waals surface area contributed by atoms with Gasteiger partial charge < -0.3 is 24.2 Å². The van der Waals surface area contributed by atoms with E-state index in [1.807, 2.05) is 35.2 Å². The first-order chi connectivity index (χ1) is 17.0. The van der Waals surface area contributed by atoms with Gasteiger partial charge in [-0.05, 0) is 42.5 Å². The Morgan fingerprint density at radius 3 is 2.66 bits per heavy atom. The number of phenols is 1. The van der Waals surface area contributed by atoms with Gasteiger partial charge in [-0.2, -0.15) is 0 Å². The maximum atomic E-state index is 13.7. The number of nitrogens with zero attached hydrogens (tertiary/aromatic N) is 1. The number of para-hydroxylation sites is 1. The zero-order valence-corrected chi connectivity index (χ0v) is 20.6. The summed E-state index contributed by atoms with van der Waals surface area (Å²) in [5.74, 6) is 1.85. The minimum Gasteiger partial charge on any atom is -0.508 e. The van der Waals surface area contributed by atoms with Gasteiger partial charge in [0.1, 0.15) is 11.8 Å². The fourth-order valence-corrected chi connectivity index (χ4v) is 5.57. The van der Waals surface area contributed by atoms with E-state index in [0.717, 1.165) is 30.6 Å². The average Bonchev–Trinajstić information content (AvgIpc) is 3.58. The number of likely N-dealkylation sites (tertiary alicyclic amines) is 1. The number of hydrogen-bond donors (Lipinski definition) is 3. The number of ether oxygens (including phenoxy) is 3. The highest BCUT2D eigenvalue weighted by molar-refractivity contribution is 5.86. The van der Waals surface area contributed by atoms with E-state index < -0.39 is 6.04 Å². The molecule has 3 heterocycles. The van der Waals surface area contributed by atoms with Crippen LogP contribution in [0.1, 0.15) is 49.9 Å². The van der Waals surface area contributed by atoms with E-state index in [9.17, 15) is 9.90 Å². The zero-order valence-electron chi connectivity index (χ0n) is 20.6. The van der Waals surface area contributed by atoms with E-state index in [1.54, 1.807) is 19.2 Å². The monoisotopic (exact) mass is 481 g/mol. The molecule has 5 unspecified atom stereocenters. The van der Waals surface area contributed by atoms with Crippen molar-refractivity contribution in [2.24, 2.45) is 11.8 Å². The highest BCUT2D eigenvalue weighted by Crippen LogP contribution is 2.49. The van der Waals surface area contributed by atoms with Gasteiger partial charge in [0.15, 0.2) is 11.5 Å². The second-order valence-electron chi connectivity index (χ2n) is 10.1. The van der Waals surface area contributed by atoms with Crippen LogP contribution in [-0.4, -0.2) is 54.9 Å². The molecule has 8 heteroatoms. The number of benzene rings is 2. The quantitative estimate of drug-likeness (QED) is 0.533. The Bertz CT molecular complexity index is 1050. The van der Waals surface area contributed by atoms with Gasteiger partial charge >= 0.3 is 0 Å². The number of amides is 1. The highest BCUT2D eigenvalue weighted by atomic mass is 16.5. The Morgan fingerprint density at radius 1 is 1.14 bits per heavy atom. The predicted molar refractivity (Wildman–Crippen MR) is 131 cm³/mol. The number of aromatic hydroxyl groups is 1. The third kappa shape index (κ3) is 4.58. The van der Waals surface area contributed by atoms with Crippen molar-refractivity contribution >= 4 is 5.91 Å². The minimum absolute atomic E-state index is 0.0346. The summed E-state index contributed by atoms with van der Waals surface area (Å²) in [4.78, 5) is 15.6. The summed E-state index contributed by atoms with van der Waals surface area (Å²) in [5, 5.41) is 10.6. The van der Waals surface area contributed by atoms with E-state index in [2.05, 4.69) is 24.7 Å². The van der Waals surface area contributed by atoms with Crippen molar-refractivity contribution in [2.75, 3.05) is 26.9 Å². The minimum atomic E-state index is -0.408. The molecule has 1 amide bonds. The van der Waals surface area contributed by atoms with Crippen molar-refractivity contribution in [3.8, 4) is 17.2 Å². The van der Waals surface area contributed by atoms with Crippen molar-refractivity contribution in [3.05, 3.63) is 53.6 Å². The second kappa shape index (κ2) is 10.0. The summed E-state index contributed by atoms with van der Waals surface area (Å²) in [7, 11) is 1.64. The number of rotatable bonds is 8. The van der Waals surface area contributed by atoms with E-state index in [-0.39, 0.29) is 35.8 Å². The van der Waals surface area contributed by atoms with Crippen molar-refractivity contribution < 1.29 is 24.1 Å². The summed E-state index contributed by atoms with van der Waals surface area (Å²) in [6.45, 7) is 6.08. The molecule has 3 aliphatic rings. The molecule has 0 saturated carbocycles. The van der Waals surface area contributed by atoms with Gasteiger partial charge in [0.05, 0.1) is 31.9 Å². The molecule has 35 heavy (non-hydrogen) atoms. The molecule has 3 aliphatic heterocycles. The topological polar surface area (TPSA) is 92.3 Å². The number of carbonyl (C=O) groups is 1. The van der Waals surface area contributed by atoms with Crippen LogP contribution in [0.5, 0.6) is 17.2 Å². The number of phenolic OH excluding ortho intramolecular Hbond substituents is 1.